The Bertz CT molecular complexity index is 5000. The number of furan rings is 2. The van der Waals surface area contributed by atoms with E-state index in [2.05, 4.69) is 236 Å². The highest BCUT2D eigenvalue weighted by molar-refractivity contribution is 14.1. The first kappa shape index (κ1) is 52.3. The maximum absolute atomic E-state index is 10.1. The van der Waals surface area contributed by atoms with Crippen molar-refractivity contribution in [1.82, 2.24) is 0 Å². The van der Waals surface area contributed by atoms with Crippen LogP contribution in [0.25, 0.3) is 142 Å². The molecular weight excluding hydrogens is 1240 g/mol. The molecule has 388 valence electrons. The van der Waals surface area contributed by atoms with Crippen molar-refractivity contribution >= 4 is 176 Å². The minimum absolute atomic E-state index is 0. The molecule has 0 amide bonds. The summed E-state index contributed by atoms with van der Waals surface area (Å²) in [5.41, 5.74) is 11.4. The van der Waals surface area contributed by atoms with Gasteiger partial charge in [-0.05, 0) is 151 Å². The predicted molar refractivity (Wildman–Crippen MR) is 360 cm³/mol. The Morgan fingerprint density at radius 1 is 0.309 bits per heavy atom. The van der Waals surface area contributed by atoms with Gasteiger partial charge in [0.15, 0.2) is 0 Å². The van der Waals surface area contributed by atoms with Gasteiger partial charge in [-0.3, -0.25) is 0 Å². The Kier molecular flexibility index (Phi) is 14.1. The van der Waals surface area contributed by atoms with Gasteiger partial charge in [0.1, 0.15) is 22.3 Å². The number of benzene rings is 14. The summed E-state index contributed by atoms with van der Waals surface area (Å²) in [6.45, 7) is 0. The van der Waals surface area contributed by atoms with E-state index in [4.69, 9.17) is 8.83 Å². The van der Waals surface area contributed by atoms with Crippen LogP contribution in [0.5, 0.6) is 0 Å². The van der Waals surface area contributed by atoms with Gasteiger partial charge in [0.2, 0.25) is 0 Å². The largest absolute Gasteiger partial charge is 0.489 e. The van der Waals surface area contributed by atoms with Gasteiger partial charge in [-0.1, -0.05) is 258 Å². The van der Waals surface area contributed by atoms with Gasteiger partial charge >= 0.3 is 7.12 Å². The van der Waals surface area contributed by atoms with Gasteiger partial charge in [0.25, 0.3) is 0 Å². The van der Waals surface area contributed by atoms with Crippen molar-refractivity contribution in [2.45, 2.75) is 7.43 Å². The minimum Gasteiger partial charge on any atom is -0.455 e. The van der Waals surface area contributed by atoms with Crippen molar-refractivity contribution in [2.75, 3.05) is 0 Å². The molecule has 81 heavy (non-hydrogen) atoms. The highest BCUT2D eigenvalue weighted by atomic mass is 127. The fourth-order valence-electron chi connectivity index (χ4n) is 12.1. The molecule has 8 heteroatoms. The number of fused-ring (bicyclic) bond motifs is 12. The van der Waals surface area contributed by atoms with E-state index in [9.17, 15) is 10.0 Å². The van der Waals surface area contributed by atoms with Crippen molar-refractivity contribution in [3.63, 3.8) is 0 Å². The molecule has 16 rings (SSSR count). The Balaban J connectivity index is 0.000000125. The zero-order valence-corrected chi connectivity index (χ0v) is 48.0. The lowest BCUT2D eigenvalue weighted by Gasteiger charge is -2.19. The summed E-state index contributed by atoms with van der Waals surface area (Å²) >= 11 is 9.62. The van der Waals surface area contributed by atoms with E-state index >= 15 is 0 Å². The number of hydrogen-bond acceptors (Lipinski definition) is 4. The highest BCUT2D eigenvalue weighted by Crippen LogP contribution is 2.49. The quantitative estimate of drug-likeness (QED) is 0.105. The monoisotopic (exact) mass is 1280 g/mol. The first-order chi connectivity index (χ1) is 39.3. The minimum atomic E-state index is -1.53. The molecule has 0 atom stereocenters. The van der Waals surface area contributed by atoms with Crippen molar-refractivity contribution < 1.29 is 18.9 Å². The fourth-order valence-corrected chi connectivity index (χ4v) is 14.1. The maximum Gasteiger partial charge on any atom is 0.489 e. The molecule has 0 radical (unpaired) electrons. The van der Waals surface area contributed by atoms with Crippen LogP contribution in [0.2, 0.25) is 0 Å². The van der Waals surface area contributed by atoms with E-state index < -0.39 is 7.12 Å². The number of hydrogen-bond donors (Lipinski definition) is 2. The summed E-state index contributed by atoms with van der Waals surface area (Å²) < 4.78 is 15.6. The third-order valence-electron chi connectivity index (χ3n) is 15.4. The topological polar surface area (TPSA) is 66.7 Å². The molecule has 0 unspecified atom stereocenters. The van der Waals surface area contributed by atoms with E-state index in [0.717, 1.165) is 83.9 Å². The van der Waals surface area contributed by atoms with Crippen LogP contribution in [-0.2, 0) is 0 Å². The first-order valence-corrected chi connectivity index (χ1v) is 29.0. The molecular formula is C73H48BBr2IO4. The van der Waals surface area contributed by atoms with E-state index in [1.807, 2.05) is 72.8 Å². The highest BCUT2D eigenvalue weighted by Gasteiger charge is 2.24. The maximum atomic E-state index is 10.1. The normalized spacial score (nSPS) is 11.4. The van der Waals surface area contributed by atoms with E-state index in [1.165, 1.54) is 70.6 Å². The molecule has 4 nitrogen and oxygen atoms in total. The average molecular weight is 1290 g/mol. The molecule has 14 aromatic carbocycles. The van der Waals surface area contributed by atoms with Gasteiger partial charge in [0.05, 0.1) is 3.57 Å². The van der Waals surface area contributed by atoms with Crippen LogP contribution in [0.4, 0.5) is 0 Å². The fraction of sp³-hybridized carbons (Fsp3) is 0.0137. The summed E-state index contributed by atoms with van der Waals surface area (Å²) in [5.74, 6) is 0. The molecule has 0 bridgehead atoms. The molecule has 0 aliphatic heterocycles. The molecule has 0 saturated heterocycles. The van der Waals surface area contributed by atoms with Crippen molar-refractivity contribution in [1.29, 1.82) is 0 Å². The molecule has 0 aliphatic rings. The van der Waals surface area contributed by atoms with Crippen molar-refractivity contribution in [2.24, 2.45) is 0 Å². The second kappa shape index (κ2) is 21.8. The van der Waals surface area contributed by atoms with Crippen molar-refractivity contribution in [3.8, 4) is 33.4 Å². The second-order valence-electron chi connectivity index (χ2n) is 19.9. The lowest BCUT2D eigenvalue weighted by molar-refractivity contribution is 0.426. The zero-order chi connectivity index (χ0) is 54.0. The standard InChI is InChI=1S/C36H21BrO.C24H17BO2.C12H6BrIO.CH4/c37-23-20-31-25-13-7-8-19-33(25)38-36(31)32(21-23)35-29-16-5-3-14-27(29)34(28-15-4-6-17-30(28)35)26-18-9-11-22-10-1-2-12-24(22)26;26-25(27)24-21-13-5-3-11-19(21)23(20-12-4-6-14-22(20)24)18-15-7-9-16-8-1-2-10-17(16)18;13-7-5-9-8-3-1-2-4-11(8)15-12(9)10(14)6-7;/h1-21H;1-15,26-27H;1-6H;1H4. The summed E-state index contributed by atoms with van der Waals surface area (Å²) in [6, 6.07) is 88.4. The Hall–Kier alpha value is -8.09. The molecule has 2 N–H and O–H groups in total. The number of halogens is 3. The van der Waals surface area contributed by atoms with Gasteiger partial charge in [-0.2, -0.15) is 0 Å². The Morgan fingerprint density at radius 3 is 1.07 bits per heavy atom. The summed E-state index contributed by atoms with van der Waals surface area (Å²) in [4.78, 5) is 0. The van der Waals surface area contributed by atoms with Crippen LogP contribution in [0.15, 0.2) is 273 Å². The molecule has 2 heterocycles. The van der Waals surface area contributed by atoms with Crippen LogP contribution >= 0.6 is 54.5 Å². The molecule has 0 fully saturated rings. The number of para-hydroxylation sites is 2. The Morgan fingerprint density at radius 2 is 0.630 bits per heavy atom. The molecule has 0 saturated carbocycles. The van der Waals surface area contributed by atoms with Crippen molar-refractivity contribution in [3.05, 3.63) is 267 Å². The van der Waals surface area contributed by atoms with E-state index in [0.29, 0.717) is 5.46 Å². The van der Waals surface area contributed by atoms with Crippen LogP contribution in [-0.4, -0.2) is 17.2 Å². The SMILES string of the molecule is Brc1cc(-c2c3ccccc3c(-c3cccc4ccccc34)c3ccccc23)c2oc3ccccc3c2c1.Brc1cc(I)c2oc3ccccc3c2c1.C.OB(O)c1c2ccccc2c(-c2cccc3ccccc23)c2ccccc12. The van der Waals surface area contributed by atoms with Crippen LogP contribution in [0, 0.1) is 3.57 Å². The molecule has 0 spiro atoms. The zero-order valence-electron chi connectivity index (χ0n) is 42.7. The molecule has 0 aliphatic carbocycles. The third kappa shape index (κ3) is 9.16. The van der Waals surface area contributed by atoms with Crippen LogP contribution in [0.3, 0.4) is 0 Å². The predicted octanol–water partition coefficient (Wildman–Crippen LogP) is 21.2. The average Bonchev–Trinajstić information content (AvgIpc) is 4.21. The van der Waals surface area contributed by atoms with Crippen LogP contribution < -0.4 is 5.46 Å². The summed E-state index contributed by atoms with van der Waals surface area (Å²) in [6.07, 6.45) is 0. The van der Waals surface area contributed by atoms with Gasteiger partial charge in [-0.15, -0.1) is 0 Å². The summed E-state index contributed by atoms with van der Waals surface area (Å²) in [5, 5.41) is 38.4. The molecule has 16 aromatic rings. The van der Waals surface area contributed by atoms with E-state index in [-0.39, 0.29) is 7.43 Å². The lowest BCUT2D eigenvalue weighted by atomic mass is 9.72. The van der Waals surface area contributed by atoms with Gasteiger partial charge in [-0.25, -0.2) is 0 Å². The van der Waals surface area contributed by atoms with E-state index in [1.54, 1.807) is 0 Å². The van der Waals surface area contributed by atoms with Gasteiger partial charge in [0, 0.05) is 41.6 Å². The smallest absolute Gasteiger partial charge is 0.455 e. The Labute approximate surface area is 498 Å². The third-order valence-corrected chi connectivity index (χ3v) is 17.1. The second-order valence-corrected chi connectivity index (χ2v) is 22.9. The summed E-state index contributed by atoms with van der Waals surface area (Å²) in [7, 11) is -1.53. The van der Waals surface area contributed by atoms with Crippen LogP contribution in [0.1, 0.15) is 7.43 Å². The number of rotatable bonds is 4. The molecule has 2 aromatic heterocycles. The lowest BCUT2D eigenvalue weighted by Crippen LogP contribution is -2.31. The first-order valence-electron chi connectivity index (χ1n) is 26.4. The van der Waals surface area contributed by atoms with Gasteiger partial charge < -0.3 is 18.9 Å².